The van der Waals surface area contributed by atoms with E-state index in [2.05, 4.69) is 5.32 Å². The summed E-state index contributed by atoms with van der Waals surface area (Å²) >= 11 is 0. The molecule has 0 bridgehead atoms. The molecule has 6 nitrogen and oxygen atoms in total. The molecule has 2 amide bonds. The molecule has 0 aliphatic heterocycles. The fourth-order valence-electron chi connectivity index (χ4n) is 1.53. The molecule has 18 heavy (non-hydrogen) atoms. The molecule has 0 aromatic rings. The van der Waals surface area contributed by atoms with Crippen LogP contribution in [-0.2, 0) is 4.79 Å². The van der Waals surface area contributed by atoms with Gasteiger partial charge in [-0.25, -0.2) is 9.59 Å². The number of carbonyl (C=O) groups is 2. The topological polar surface area (TPSA) is 89.9 Å². The van der Waals surface area contributed by atoms with Crippen LogP contribution in [-0.4, -0.2) is 51.8 Å². The summed E-state index contributed by atoms with van der Waals surface area (Å²) in [5.41, 5.74) is -1.01. The van der Waals surface area contributed by atoms with E-state index in [0.717, 1.165) is 0 Å². The van der Waals surface area contributed by atoms with Crippen molar-refractivity contribution in [1.29, 1.82) is 0 Å². The van der Waals surface area contributed by atoms with E-state index in [9.17, 15) is 14.7 Å². The Kier molecular flexibility index (Phi) is 6.11. The predicted octanol–water partition coefficient (Wildman–Crippen LogP) is 0.898. The quantitative estimate of drug-likeness (QED) is 0.662. The van der Waals surface area contributed by atoms with E-state index in [4.69, 9.17) is 5.11 Å². The first kappa shape index (κ1) is 16.7. The van der Waals surface area contributed by atoms with Crippen molar-refractivity contribution < 1.29 is 19.8 Å². The van der Waals surface area contributed by atoms with Crippen LogP contribution >= 0.6 is 0 Å². The second-order valence-corrected chi connectivity index (χ2v) is 5.34. The number of rotatable bonds is 6. The van der Waals surface area contributed by atoms with Crippen LogP contribution in [0.25, 0.3) is 0 Å². The van der Waals surface area contributed by atoms with Crippen LogP contribution in [0.5, 0.6) is 0 Å². The van der Waals surface area contributed by atoms with Gasteiger partial charge in [0.05, 0.1) is 12.1 Å². The van der Waals surface area contributed by atoms with E-state index < -0.39 is 23.6 Å². The molecule has 0 aromatic heterocycles. The number of aliphatic hydroxyl groups is 1. The van der Waals surface area contributed by atoms with Gasteiger partial charge in [0, 0.05) is 6.54 Å². The van der Waals surface area contributed by atoms with Crippen molar-refractivity contribution in [3.63, 3.8) is 0 Å². The molecule has 0 aliphatic carbocycles. The Morgan fingerprint density at radius 1 is 1.33 bits per heavy atom. The molecule has 0 spiro atoms. The van der Waals surface area contributed by atoms with Gasteiger partial charge >= 0.3 is 12.0 Å². The predicted molar refractivity (Wildman–Crippen MR) is 68.3 cm³/mol. The van der Waals surface area contributed by atoms with Crippen LogP contribution in [0.15, 0.2) is 0 Å². The fourth-order valence-corrected chi connectivity index (χ4v) is 1.53. The Labute approximate surface area is 108 Å². The van der Waals surface area contributed by atoms with Crippen LogP contribution in [0.1, 0.15) is 34.6 Å². The Morgan fingerprint density at radius 2 is 1.83 bits per heavy atom. The largest absolute Gasteiger partial charge is 0.480 e. The summed E-state index contributed by atoms with van der Waals surface area (Å²) in [6.45, 7) is 8.98. The number of urea groups is 1. The van der Waals surface area contributed by atoms with E-state index in [-0.39, 0.29) is 12.5 Å². The zero-order valence-electron chi connectivity index (χ0n) is 11.7. The standard InChI is InChI=1S/C12H24N2O4/c1-6-14(7-12(4,5)18)11(17)13-9(8(2)3)10(15)16/h8-9,18H,6-7H2,1-5H3,(H,13,17)(H,15,16)/t9-/m0/s1. The van der Waals surface area contributed by atoms with Crippen molar-refractivity contribution in [2.75, 3.05) is 13.1 Å². The summed E-state index contributed by atoms with van der Waals surface area (Å²) in [5.74, 6) is -1.26. The third-order valence-electron chi connectivity index (χ3n) is 2.46. The first-order chi connectivity index (χ1) is 8.08. The van der Waals surface area contributed by atoms with E-state index in [1.807, 2.05) is 0 Å². The summed E-state index contributed by atoms with van der Waals surface area (Å²) in [6.07, 6.45) is 0. The number of hydrogen-bond acceptors (Lipinski definition) is 3. The molecule has 0 heterocycles. The lowest BCUT2D eigenvalue weighted by atomic mass is 10.1. The zero-order chi connectivity index (χ0) is 14.5. The van der Waals surface area contributed by atoms with Crippen LogP contribution in [0.3, 0.4) is 0 Å². The van der Waals surface area contributed by atoms with Crippen LogP contribution in [0.4, 0.5) is 4.79 Å². The number of carboxylic acids is 1. The summed E-state index contributed by atoms with van der Waals surface area (Å²) < 4.78 is 0. The van der Waals surface area contributed by atoms with Crippen molar-refractivity contribution in [2.45, 2.75) is 46.3 Å². The first-order valence-corrected chi connectivity index (χ1v) is 6.09. The molecule has 0 aliphatic rings. The smallest absolute Gasteiger partial charge is 0.326 e. The SMILES string of the molecule is CCN(CC(C)(C)O)C(=O)N[C@H](C(=O)O)C(C)C. The van der Waals surface area contributed by atoms with Crippen molar-refractivity contribution in [1.82, 2.24) is 10.2 Å². The highest BCUT2D eigenvalue weighted by Gasteiger charge is 2.27. The molecule has 6 heteroatoms. The molecule has 0 aromatic carbocycles. The second-order valence-electron chi connectivity index (χ2n) is 5.34. The Morgan fingerprint density at radius 3 is 2.11 bits per heavy atom. The van der Waals surface area contributed by atoms with Gasteiger partial charge in [0.2, 0.25) is 0 Å². The van der Waals surface area contributed by atoms with Gasteiger partial charge in [0.1, 0.15) is 6.04 Å². The highest BCUT2D eigenvalue weighted by molar-refractivity contribution is 5.82. The maximum Gasteiger partial charge on any atom is 0.326 e. The monoisotopic (exact) mass is 260 g/mol. The van der Waals surface area contributed by atoms with Gasteiger partial charge < -0.3 is 20.4 Å². The Bertz CT molecular complexity index is 297. The van der Waals surface area contributed by atoms with Gasteiger partial charge in [-0.1, -0.05) is 13.8 Å². The number of carboxylic acid groups (broad SMARTS) is 1. The minimum absolute atomic E-state index is 0.153. The highest BCUT2D eigenvalue weighted by Crippen LogP contribution is 2.07. The highest BCUT2D eigenvalue weighted by atomic mass is 16.4. The molecule has 0 radical (unpaired) electrons. The Hall–Kier alpha value is -1.30. The minimum Gasteiger partial charge on any atom is -0.480 e. The number of nitrogens with one attached hydrogen (secondary N) is 1. The summed E-state index contributed by atoms with van der Waals surface area (Å²) in [7, 11) is 0. The van der Waals surface area contributed by atoms with E-state index in [1.165, 1.54) is 4.90 Å². The van der Waals surface area contributed by atoms with E-state index in [0.29, 0.717) is 6.54 Å². The molecule has 0 saturated heterocycles. The molecule has 0 unspecified atom stereocenters. The maximum absolute atomic E-state index is 11.9. The van der Waals surface area contributed by atoms with Gasteiger partial charge in [-0.15, -0.1) is 0 Å². The molecule has 1 atom stereocenters. The zero-order valence-corrected chi connectivity index (χ0v) is 11.7. The van der Waals surface area contributed by atoms with Gasteiger partial charge in [0.15, 0.2) is 0 Å². The van der Waals surface area contributed by atoms with Crippen LogP contribution in [0, 0.1) is 5.92 Å². The average Bonchev–Trinajstić information content (AvgIpc) is 2.19. The van der Waals surface area contributed by atoms with Crippen molar-refractivity contribution in [3.05, 3.63) is 0 Å². The van der Waals surface area contributed by atoms with E-state index >= 15 is 0 Å². The number of nitrogens with zero attached hydrogens (tertiary/aromatic N) is 1. The van der Waals surface area contributed by atoms with Gasteiger partial charge in [-0.05, 0) is 26.7 Å². The van der Waals surface area contributed by atoms with Crippen LogP contribution in [0.2, 0.25) is 0 Å². The number of carbonyl (C=O) groups excluding carboxylic acids is 1. The van der Waals surface area contributed by atoms with Crippen LogP contribution < -0.4 is 5.32 Å². The van der Waals surface area contributed by atoms with Crippen molar-refractivity contribution in [2.24, 2.45) is 5.92 Å². The molecule has 0 rings (SSSR count). The molecular weight excluding hydrogens is 236 g/mol. The fraction of sp³-hybridized carbons (Fsp3) is 0.833. The summed E-state index contributed by atoms with van der Waals surface area (Å²) in [5, 5.41) is 21.1. The van der Waals surface area contributed by atoms with Crippen molar-refractivity contribution >= 4 is 12.0 Å². The molecule has 0 saturated carbocycles. The number of amides is 2. The number of hydrogen-bond donors (Lipinski definition) is 3. The van der Waals surface area contributed by atoms with E-state index in [1.54, 1.807) is 34.6 Å². The third kappa shape index (κ3) is 5.86. The van der Waals surface area contributed by atoms with Gasteiger partial charge in [0.25, 0.3) is 0 Å². The molecule has 106 valence electrons. The molecule has 3 N–H and O–H groups in total. The van der Waals surface area contributed by atoms with Gasteiger partial charge in [-0.2, -0.15) is 0 Å². The number of aliphatic carboxylic acids is 1. The first-order valence-electron chi connectivity index (χ1n) is 6.09. The average molecular weight is 260 g/mol. The maximum atomic E-state index is 11.9. The lowest BCUT2D eigenvalue weighted by molar-refractivity contribution is -0.140. The second kappa shape index (κ2) is 6.58. The van der Waals surface area contributed by atoms with Gasteiger partial charge in [-0.3, -0.25) is 0 Å². The molecular formula is C12H24N2O4. The Balaban J connectivity index is 4.65. The number of likely N-dealkylation sites (N-methyl/N-ethyl adjacent to an activating group) is 1. The lowest BCUT2D eigenvalue weighted by Crippen LogP contribution is -2.52. The lowest BCUT2D eigenvalue weighted by Gasteiger charge is -2.30. The third-order valence-corrected chi connectivity index (χ3v) is 2.46. The molecule has 0 fully saturated rings. The minimum atomic E-state index is -1.06. The summed E-state index contributed by atoms with van der Waals surface area (Å²) in [4.78, 5) is 24.3. The summed E-state index contributed by atoms with van der Waals surface area (Å²) in [6, 6.07) is -1.39. The van der Waals surface area contributed by atoms with Crippen molar-refractivity contribution in [3.8, 4) is 0 Å². The normalized spacial score (nSPS) is 13.3.